The summed E-state index contributed by atoms with van der Waals surface area (Å²) in [6.45, 7) is 10.5. The molecule has 8 nitrogen and oxygen atoms in total. The number of likely N-dealkylation sites (tertiary alicyclic amines) is 1. The quantitative estimate of drug-likeness (QED) is 0.185. The minimum absolute atomic E-state index is 0.0133. The molecule has 2 atom stereocenters. The van der Waals surface area contributed by atoms with Crippen LogP contribution in [0.5, 0.6) is 0 Å². The number of methoxy groups -OCH3 is 1. The van der Waals surface area contributed by atoms with E-state index in [0.717, 1.165) is 4.90 Å². The summed E-state index contributed by atoms with van der Waals surface area (Å²) in [6.07, 6.45) is -9.41. The van der Waals surface area contributed by atoms with E-state index >= 15 is 0 Å². The number of benzene rings is 2. The molecule has 2 amide bonds. The van der Waals surface area contributed by atoms with Gasteiger partial charge in [0.05, 0.1) is 47.3 Å². The zero-order valence-electron chi connectivity index (χ0n) is 30.1. The molecule has 0 unspecified atom stereocenters. The van der Waals surface area contributed by atoms with Gasteiger partial charge in [-0.1, -0.05) is 6.07 Å². The van der Waals surface area contributed by atoms with E-state index in [4.69, 9.17) is 9.47 Å². The van der Waals surface area contributed by atoms with Gasteiger partial charge in [-0.05, 0) is 114 Å². The first kappa shape index (κ1) is 40.1. The number of hydrogen-bond acceptors (Lipinski definition) is 6. The van der Waals surface area contributed by atoms with Crippen LogP contribution in [0, 0.1) is 12.7 Å². The van der Waals surface area contributed by atoms with Gasteiger partial charge in [-0.3, -0.25) is 14.7 Å². The number of carbonyl (C=O) groups excluding carboxylic acids is 3. The molecule has 2 heterocycles. The van der Waals surface area contributed by atoms with Gasteiger partial charge in [0.15, 0.2) is 0 Å². The van der Waals surface area contributed by atoms with Crippen molar-refractivity contribution in [2.75, 3.05) is 19.1 Å². The molecule has 52 heavy (non-hydrogen) atoms. The van der Waals surface area contributed by atoms with Crippen molar-refractivity contribution in [1.29, 1.82) is 0 Å². The highest BCUT2D eigenvalue weighted by Crippen LogP contribution is 2.46. The van der Waals surface area contributed by atoms with Crippen LogP contribution in [-0.2, 0) is 36.8 Å². The summed E-state index contributed by atoms with van der Waals surface area (Å²) in [7, 11) is 2.48. The Kier molecular flexibility index (Phi) is 10.6. The molecule has 0 N–H and O–H groups in total. The van der Waals surface area contributed by atoms with Gasteiger partial charge in [0.1, 0.15) is 17.0 Å². The molecule has 15 heteroatoms. The normalized spacial score (nSPS) is 18.3. The van der Waals surface area contributed by atoms with E-state index < -0.39 is 75.4 Å². The number of esters is 1. The molecule has 1 aliphatic rings. The van der Waals surface area contributed by atoms with Crippen molar-refractivity contribution >= 4 is 23.7 Å². The number of aryl methyl sites for hydroxylation is 1. The van der Waals surface area contributed by atoms with Gasteiger partial charge in [-0.15, -0.1) is 0 Å². The Bertz CT molecular complexity index is 1850. The molecule has 0 saturated carbocycles. The number of hydrogen-bond donors (Lipinski definition) is 0. The first-order chi connectivity index (χ1) is 23.7. The Balaban J connectivity index is 1.89. The van der Waals surface area contributed by atoms with Crippen LogP contribution in [0.2, 0.25) is 0 Å². The lowest BCUT2D eigenvalue weighted by molar-refractivity contribution is -0.153. The van der Waals surface area contributed by atoms with Gasteiger partial charge < -0.3 is 14.4 Å². The number of ether oxygens (including phenoxy) is 2. The first-order valence-electron chi connectivity index (χ1n) is 16.2. The zero-order chi connectivity index (χ0) is 39.4. The highest BCUT2D eigenvalue weighted by molar-refractivity contribution is 6.03. The van der Waals surface area contributed by atoms with Crippen LogP contribution in [0.3, 0.4) is 0 Å². The fraction of sp³-hybridized carbons (Fsp3) is 0.459. The van der Waals surface area contributed by atoms with Gasteiger partial charge in [0, 0.05) is 12.6 Å². The second-order valence-electron chi connectivity index (χ2n) is 14.5. The van der Waals surface area contributed by atoms with Crippen LogP contribution in [0.4, 0.5) is 41.2 Å². The summed E-state index contributed by atoms with van der Waals surface area (Å²) < 4.78 is 107. The third-order valence-electron chi connectivity index (χ3n) is 9.20. The third-order valence-corrected chi connectivity index (χ3v) is 9.20. The van der Waals surface area contributed by atoms with E-state index in [-0.39, 0.29) is 35.9 Å². The largest absolute Gasteiger partial charge is 0.467 e. The Hall–Kier alpha value is -4.69. The van der Waals surface area contributed by atoms with Crippen molar-refractivity contribution in [2.24, 2.45) is 0 Å². The highest BCUT2D eigenvalue weighted by atomic mass is 19.4. The van der Waals surface area contributed by atoms with Crippen LogP contribution >= 0.6 is 0 Å². The summed E-state index contributed by atoms with van der Waals surface area (Å²) in [5.74, 6) is -2.14. The van der Waals surface area contributed by atoms with Crippen LogP contribution in [0.15, 0.2) is 48.7 Å². The molecule has 0 bridgehead atoms. The predicted molar refractivity (Wildman–Crippen MR) is 178 cm³/mol. The van der Waals surface area contributed by atoms with Gasteiger partial charge >= 0.3 is 24.4 Å². The molecule has 0 aliphatic carbocycles. The average molecular weight is 740 g/mol. The molecule has 282 valence electrons. The SMILES string of the molecule is COC(=O)[C@@]1(C)CC[C@@H](c2cc(-c3ccc(F)cc3C)c(N(C)C(=O)C(C)(C)c3cc(C(F)(F)F)cc(C(F)(F)F)c3)cn2)N1C(=O)OC(C)(C)C. The lowest BCUT2D eigenvalue weighted by Crippen LogP contribution is -2.53. The molecule has 1 saturated heterocycles. The summed E-state index contributed by atoms with van der Waals surface area (Å²) in [6, 6.07) is 5.56. The van der Waals surface area contributed by atoms with Crippen LogP contribution in [-0.4, -0.2) is 53.2 Å². The number of likely N-dealkylation sites (N-methyl/N-ethyl adjacent to an activating group) is 1. The number of carbonyl (C=O) groups is 3. The fourth-order valence-corrected chi connectivity index (χ4v) is 6.38. The Morgan fingerprint density at radius 2 is 1.44 bits per heavy atom. The van der Waals surface area contributed by atoms with Gasteiger partial charge in [-0.2, -0.15) is 26.3 Å². The number of halogens is 7. The van der Waals surface area contributed by atoms with Crippen molar-refractivity contribution in [3.63, 3.8) is 0 Å². The minimum atomic E-state index is -5.13. The molecule has 4 rings (SSSR count). The van der Waals surface area contributed by atoms with E-state index in [1.807, 2.05) is 0 Å². The molecule has 2 aromatic carbocycles. The maximum Gasteiger partial charge on any atom is 0.416 e. The van der Waals surface area contributed by atoms with Crippen molar-refractivity contribution < 1.29 is 54.6 Å². The predicted octanol–water partition coefficient (Wildman–Crippen LogP) is 9.18. The minimum Gasteiger partial charge on any atom is -0.467 e. The number of nitrogens with zero attached hydrogens (tertiary/aromatic N) is 3. The topological polar surface area (TPSA) is 89.0 Å². The molecule has 0 spiro atoms. The van der Waals surface area contributed by atoms with Crippen molar-refractivity contribution in [3.8, 4) is 11.1 Å². The first-order valence-corrected chi connectivity index (χ1v) is 16.2. The average Bonchev–Trinajstić information content (AvgIpc) is 3.40. The monoisotopic (exact) mass is 739 g/mol. The highest BCUT2D eigenvalue weighted by Gasteiger charge is 2.54. The number of anilines is 1. The third kappa shape index (κ3) is 7.87. The lowest BCUT2D eigenvalue weighted by Gasteiger charge is -2.37. The molecular formula is C37H40F7N3O5. The number of amides is 2. The van der Waals surface area contributed by atoms with Crippen LogP contribution < -0.4 is 4.90 Å². The molecule has 1 fully saturated rings. The zero-order valence-corrected chi connectivity index (χ0v) is 30.1. The maximum absolute atomic E-state index is 14.3. The molecule has 3 aromatic rings. The smallest absolute Gasteiger partial charge is 0.416 e. The molecular weight excluding hydrogens is 699 g/mol. The van der Waals surface area contributed by atoms with E-state index in [1.54, 1.807) is 33.8 Å². The van der Waals surface area contributed by atoms with Gasteiger partial charge in [0.25, 0.3) is 0 Å². The number of aromatic nitrogens is 1. The van der Waals surface area contributed by atoms with E-state index in [9.17, 15) is 45.1 Å². The molecule has 1 aliphatic heterocycles. The Morgan fingerprint density at radius 3 is 1.94 bits per heavy atom. The van der Waals surface area contributed by atoms with E-state index in [0.29, 0.717) is 23.3 Å². The number of rotatable bonds is 6. The molecule has 1 aromatic heterocycles. The van der Waals surface area contributed by atoms with Crippen molar-refractivity contribution in [3.05, 3.63) is 82.4 Å². The maximum atomic E-state index is 14.3. The summed E-state index contributed by atoms with van der Waals surface area (Å²) >= 11 is 0. The van der Waals surface area contributed by atoms with E-state index in [2.05, 4.69) is 4.98 Å². The van der Waals surface area contributed by atoms with Gasteiger partial charge in [-0.25, -0.2) is 14.0 Å². The van der Waals surface area contributed by atoms with E-state index in [1.165, 1.54) is 64.2 Å². The standard InChI is InChI=1S/C37H40F7N3O5/c1-20-14-24(38)10-11-25(20)26-18-27(28-12-13-35(7,31(49)51-9)47(28)32(50)52-33(2,3)4)45-19-29(26)46(8)30(48)34(5,6)21-15-22(36(39,40)41)17-23(16-21)37(42,43)44/h10-11,14-19,28H,12-13H2,1-9H3/t28-,35+/m0/s1. The van der Waals surface area contributed by atoms with Crippen LogP contribution in [0.1, 0.15) is 88.4 Å². The Morgan fingerprint density at radius 1 is 0.885 bits per heavy atom. The lowest BCUT2D eigenvalue weighted by atomic mass is 9.81. The molecule has 0 radical (unpaired) electrons. The Labute approximate surface area is 296 Å². The van der Waals surface area contributed by atoms with Crippen molar-refractivity contribution in [1.82, 2.24) is 9.88 Å². The second-order valence-corrected chi connectivity index (χ2v) is 14.5. The van der Waals surface area contributed by atoms with Crippen molar-refractivity contribution in [2.45, 2.75) is 96.3 Å². The van der Waals surface area contributed by atoms with Gasteiger partial charge in [0.2, 0.25) is 5.91 Å². The second kappa shape index (κ2) is 13.7. The summed E-state index contributed by atoms with van der Waals surface area (Å²) in [4.78, 5) is 47.7. The summed E-state index contributed by atoms with van der Waals surface area (Å²) in [5.41, 5.74) is -6.55. The number of alkyl halides is 6. The summed E-state index contributed by atoms with van der Waals surface area (Å²) in [5, 5.41) is 0. The van der Waals surface area contributed by atoms with Crippen LogP contribution in [0.25, 0.3) is 11.1 Å². The fourth-order valence-electron chi connectivity index (χ4n) is 6.38. The number of pyridine rings is 1.